The van der Waals surface area contributed by atoms with E-state index in [0.717, 1.165) is 30.3 Å². The summed E-state index contributed by atoms with van der Waals surface area (Å²) < 4.78 is 0. The number of fused-ring (bicyclic) bond motifs is 1. The second-order valence-electron chi connectivity index (χ2n) is 7.71. The topological polar surface area (TPSA) is 40.5 Å². The number of carbonyl (C=O) groups excluding carboxylic acids is 1. The third kappa shape index (κ3) is 3.28. The van der Waals surface area contributed by atoms with E-state index in [1.165, 1.54) is 24.8 Å². The molecule has 2 aliphatic rings. The molecule has 1 N–H and O–H groups in total. The number of anilines is 1. The highest BCUT2D eigenvalue weighted by Crippen LogP contribution is 2.44. The lowest BCUT2D eigenvalue weighted by Crippen LogP contribution is -2.23. The first-order chi connectivity index (χ1) is 12.1. The Labute approximate surface area is 149 Å². The number of ketones is 1. The van der Waals surface area contributed by atoms with E-state index in [2.05, 4.69) is 35.2 Å². The van der Waals surface area contributed by atoms with E-state index in [1.807, 2.05) is 0 Å². The summed E-state index contributed by atoms with van der Waals surface area (Å²) in [5, 5.41) is 9.85. The highest BCUT2D eigenvalue weighted by atomic mass is 16.3. The molecule has 130 valence electrons. The van der Waals surface area contributed by atoms with Gasteiger partial charge in [-0.2, -0.15) is 0 Å². The normalized spacial score (nSPS) is 23.0. The molecular weight excluding hydrogens is 310 g/mol. The van der Waals surface area contributed by atoms with E-state index in [9.17, 15) is 9.90 Å². The maximum Gasteiger partial charge on any atom is 0.161 e. The van der Waals surface area contributed by atoms with Gasteiger partial charge in [0.25, 0.3) is 0 Å². The van der Waals surface area contributed by atoms with Crippen molar-refractivity contribution in [1.29, 1.82) is 0 Å². The molecule has 1 aliphatic heterocycles. The zero-order chi connectivity index (χ0) is 17.4. The molecule has 0 radical (unpaired) electrons. The molecule has 3 nitrogen and oxygen atoms in total. The van der Waals surface area contributed by atoms with E-state index in [4.69, 9.17) is 0 Å². The Kier molecular flexibility index (Phi) is 4.24. The molecule has 0 amide bonds. The van der Waals surface area contributed by atoms with Crippen molar-refractivity contribution in [3.63, 3.8) is 0 Å². The van der Waals surface area contributed by atoms with Crippen LogP contribution in [0.1, 0.15) is 35.7 Å². The molecule has 2 atom stereocenters. The third-order valence-corrected chi connectivity index (χ3v) is 5.92. The van der Waals surface area contributed by atoms with Gasteiger partial charge in [-0.1, -0.05) is 30.3 Å². The van der Waals surface area contributed by atoms with Gasteiger partial charge in [0.2, 0.25) is 0 Å². The summed E-state index contributed by atoms with van der Waals surface area (Å²) in [7, 11) is 0. The average molecular weight is 335 g/mol. The van der Waals surface area contributed by atoms with E-state index in [-0.39, 0.29) is 11.5 Å². The summed E-state index contributed by atoms with van der Waals surface area (Å²) in [6, 6.07) is 15.9. The maximum absolute atomic E-state index is 11.9. The van der Waals surface area contributed by atoms with Crippen LogP contribution in [-0.2, 0) is 6.42 Å². The molecule has 1 aliphatic carbocycles. The zero-order valence-electron chi connectivity index (χ0n) is 14.7. The standard InChI is InChI=1S/C22H25NO2/c1-15(24)21-8-7-20(25)12-22(21)23-13-18-10-17(11-19(18)14-23)9-16-5-3-2-4-6-16/h2-8,12,17-19,25H,9-11,13-14H2,1H3/t18-,19-/m0/s1. The molecule has 0 aromatic heterocycles. The molecule has 3 heteroatoms. The Morgan fingerprint density at radius 2 is 1.76 bits per heavy atom. The molecule has 1 saturated heterocycles. The lowest BCUT2D eigenvalue weighted by atomic mass is 9.96. The number of hydrogen-bond acceptors (Lipinski definition) is 3. The van der Waals surface area contributed by atoms with Crippen LogP contribution < -0.4 is 4.90 Å². The fourth-order valence-electron chi connectivity index (χ4n) is 4.82. The quantitative estimate of drug-likeness (QED) is 0.847. The molecule has 4 rings (SSSR count). The van der Waals surface area contributed by atoms with Gasteiger partial charge < -0.3 is 10.0 Å². The van der Waals surface area contributed by atoms with Crippen LogP contribution in [0.2, 0.25) is 0 Å². The Bertz CT molecular complexity index is 757. The minimum atomic E-state index is 0.0639. The minimum absolute atomic E-state index is 0.0639. The minimum Gasteiger partial charge on any atom is -0.508 e. The number of nitrogens with zero attached hydrogens (tertiary/aromatic N) is 1. The molecule has 2 aromatic rings. The molecule has 25 heavy (non-hydrogen) atoms. The van der Waals surface area contributed by atoms with Crippen LogP contribution in [0.25, 0.3) is 0 Å². The van der Waals surface area contributed by atoms with Crippen molar-refractivity contribution < 1.29 is 9.90 Å². The van der Waals surface area contributed by atoms with Gasteiger partial charge in [0.15, 0.2) is 5.78 Å². The van der Waals surface area contributed by atoms with Crippen molar-refractivity contribution in [1.82, 2.24) is 0 Å². The van der Waals surface area contributed by atoms with Crippen LogP contribution in [0.5, 0.6) is 5.75 Å². The fourth-order valence-corrected chi connectivity index (χ4v) is 4.82. The molecular formula is C22H25NO2. The highest BCUT2D eigenvalue weighted by molar-refractivity contribution is 6.00. The van der Waals surface area contributed by atoms with Crippen LogP contribution in [0.3, 0.4) is 0 Å². The summed E-state index contributed by atoms with van der Waals surface area (Å²) in [6.07, 6.45) is 3.72. The summed E-state index contributed by atoms with van der Waals surface area (Å²) >= 11 is 0. The lowest BCUT2D eigenvalue weighted by Gasteiger charge is -2.23. The summed E-state index contributed by atoms with van der Waals surface area (Å²) in [6.45, 7) is 3.60. The highest BCUT2D eigenvalue weighted by Gasteiger charge is 2.41. The SMILES string of the molecule is CC(=O)c1ccc(O)cc1N1C[C@@H]2CC(Cc3ccccc3)C[C@H]2C1. The van der Waals surface area contributed by atoms with E-state index in [0.29, 0.717) is 11.8 Å². The molecule has 2 fully saturated rings. The smallest absolute Gasteiger partial charge is 0.161 e. The Morgan fingerprint density at radius 3 is 2.40 bits per heavy atom. The van der Waals surface area contributed by atoms with Gasteiger partial charge in [0.1, 0.15) is 5.75 Å². The van der Waals surface area contributed by atoms with E-state index >= 15 is 0 Å². The molecule has 1 heterocycles. The molecule has 2 aromatic carbocycles. The average Bonchev–Trinajstić information content (AvgIpc) is 3.13. The second-order valence-corrected chi connectivity index (χ2v) is 7.71. The lowest BCUT2D eigenvalue weighted by molar-refractivity contribution is 0.101. The summed E-state index contributed by atoms with van der Waals surface area (Å²) in [4.78, 5) is 14.2. The van der Waals surface area contributed by atoms with Crippen LogP contribution in [0.15, 0.2) is 48.5 Å². The zero-order valence-corrected chi connectivity index (χ0v) is 14.7. The van der Waals surface area contributed by atoms with Crippen molar-refractivity contribution >= 4 is 11.5 Å². The van der Waals surface area contributed by atoms with E-state index in [1.54, 1.807) is 25.1 Å². The number of carbonyl (C=O) groups is 1. The second kappa shape index (κ2) is 6.55. The van der Waals surface area contributed by atoms with Crippen LogP contribution in [0, 0.1) is 17.8 Å². The predicted molar refractivity (Wildman–Crippen MR) is 100 cm³/mol. The summed E-state index contributed by atoms with van der Waals surface area (Å²) in [5.74, 6) is 2.48. The van der Waals surface area contributed by atoms with Crippen molar-refractivity contribution in [2.75, 3.05) is 18.0 Å². The first-order valence-electron chi connectivity index (χ1n) is 9.23. The Morgan fingerprint density at radius 1 is 1.08 bits per heavy atom. The monoisotopic (exact) mass is 335 g/mol. The number of Topliss-reactive ketones (excluding diaryl/α,β-unsaturated/α-hetero) is 1. The van der Waals surface area contributed by atoms with Crippen LogP contribution >= 0.6 is 0 Å². The Hall–Kier alpha value is -2.29. The molecule has 1 saturated carbocycles. The van der Waals surface area contributed by atoms with Crippen molar-refractivity contribution in [2.45, 2.75) is 26.2 Å². The number of benzene rings is 2. The molecule has 0 unspecified atom stereocenters. The number of hydrogen-bond donors (Lipinski definition) is 1. The van der Waals surface area contributed by atoms with E-state index < -0.39 is 0 Å². The largest absolute Gasteiger partial charge is 0.508 e. The number of aromatic hydroxyl groups is 1. The Balaban J connectivity index is 1.45. The van der Waals surface area contributed by atoms with Gasteiger partial charge in [0, 0.05) is 24.7 Å². The summed E-state index contributed by atoms with van der Waals surface area (Å²) in [5.41, 5.74) is 3.07. The number of rotatable bonds is 4. The molecule has 0 spiro atoms. The van der Waals surface area contributed by atoms with Gasteiger partial charge in [-0.3, -0.25) is 4.79 Å². The molecule has 0 bridgehead atoms. The number of phenols is 1. The van der Waals surface area contributed by atoms with Crippen molar-refractivity contribution in [3.05, 3.63) is 59.7 Å². The number of phenolic OH excluding ortho intramolecular Hbond substituents is 1. The first kappa shape index (κ1) is 16.2. The van der Waals surface area contributed by atoms with Gasteiger partial charge in [0.05, 0.1) is 5.69 Å². The third-order valence-electron chi connectivity index (χ3n) is 5.92. The van der Waals surface area contributed by atoms with Crippen molar-refractivity contribution in [2.24, 2.45) is 17.8 Å². The van der Waals surface area contributed by atoms with Gasteiger partial charge in [-0.25, -0.2) is 0 Å². The fraction of sp³-hybridized carbons (Fsp3) is 0.409. The van der Waals surface area contributed by atoms with Crippen LogP contribution in [0.4, 0.5) is 5.69 Å². The van der Waals surface area contributed by atoms with Crippen molar-refractivity contribution in [3.8, 4) is 5.75 Å². The van der Waals surface area contributed by atoms with Crippen LogP contribution in [-0.4, -0.2) is 24.0 Å². The van der Waals surface area contributed by atoms with Gasteiger partial charge in [-0.15, -0.1) is 0 Å². The maximum atomic E-state index is 11.9. The van der Waals surface area contributed by atoms with Gasteiger partial charge >= 0.3 is 0 Å². The predicted octanol–water partition coefficient (Wildman–Crippen LogP) is 4.30. The first-order valence-corrected chi connectivity index (χ1v) is 9.23. The van der Waals surface area contributed by atoms with Gasteiger partial charge in [-0.05, 0) is 61.6 Å².